The molecule has 2 fully saturated rings. The minimum atomic E-state index is -4.75. The van der Waals surface area contributed by atoms with Crippen LogP contribution in [-0.4, -0.2) is 69.8 Å². The van der Waals surface area contributed by atoms with Crippen molar-refractivity contribution >= 4 is 31.5 Å². The molecule has 0 aliphatic carbocycles. The molecule has 1 atom stereocenters. The summed E-state index contributed by atoms with van der Waals surface area (Å²) in [5.41, 5.74) is -1.19. The second-order valence-corrected chi connectivity index (χ2v) is 11.2. The number of halogens is 4. The van der Waals surface area contributed by atoms with Gasteiger partial charge in [-0.1, -0.05) is 11.6 Å². The summed E-state index contributed by atoms with van der Waals surface area (Å²) in [6.45, 7) is 0.837. The molecule has 27 heavy (non-hydrogen) atoms. The number of hydrogen-bond donors (Lipinski definition) is 0. The predicted molar refractivity (Wildman–Crippen MR) is 93.8 cm³/mol. The highest BCUT2D eigenvalue weighted by Gasteiger charge is 2.38. The average Bonchev–Trinajstić information content (AvgIpc) is 2.94. The number of benzene rings is 1. The smallest absolute Gasteiger partial charge is 0.297 e. The normalized spacial score (nSPS) is 25.0. The molecule has 2 heterocycles. The highest BCUT2D eigenvalue weighted by molar-refractivity contribution is 7.91. The Bertz CT molecular complexity index is 927. The van der Waals surface area contributed by atoms with Gasteiger partial charge in [0.15, 0.2) is 9.84 Å². The van der Waals surface area contributed by atoms with Crippen LogP contribution in [0.15, 0.2) is 23.1 Å². The van der Waals surface area contributed by atoms with Crippen molar-refractivity contribution in [1.29, 1.82) is 0 Å². The van der Waals surface area contributed by atoms with Crippen molar-refractivity contribution in [2.45, 2.75) is 23.5 Å². The molecule has 3 rings (SSSR count). The predicted octanol–water partition coefficient (Wildman–Crippen LogP) is 1.85. The second-order valence-electron chi connectivity index (χ2n) is 6.64. The quantitative estimate of drug-likeness (QED) is 0.708. The minimum absolute atomic E-state index is 0.0614. The Morgan fingerprint density at radius 1 is 1.11 bits per heavy atom. The van der Waals surface area contributed by atoms with E-state index in [0.717, 1.165) is 16.4 Å². The van der Waals surface area contributed by atoms with E-state index in [9.17, 15) is 30.0 Å². The maximum atomic E-state index is 13.0. The zero-order valence-corrected chi connectivity index (χ0v) is 16.5. The zero-order valence-electron chi connectivity index (χ0n) is 14.1. The van der Waals surface area contributed by atoms with E-state index in [1.54, 1.807) is 0 Å². The van der Waals surface area contributed by atoms with E-state index in [4.69, 9.17) is 11.6 Å². The Morgan fingerprint density at radius 2 is 1.74 bits per heavy atom. The van der Waals surface area contributed by atoms with Crippen LogP contribution < -0.4 is 0 Å². The van der Waals surface area contributed by atoms with Crippen molar-refractivity contribution in [3.63, 3.8) is 0 Å². The van der Waals surface area contributed by atoms with Gasteiger partial charge in [0, 0.05) is 32.2 Å². The van der Waals surface area contributed by atoms with Gasteiger partial charge in [-0.3, -0.25) is 4.90 Å². The Hall–Kier alpha value is -0.880. The number of sulfonamides is 1. The number of nitrogens with zero attached hydrogens (tertiary/aromatic N) is 2. The van der Waals surface area contributed by atoms with Crippen LogP contribution in [0.2, 0.25) is 5.02 Å². The fourth-order valence-corrected chi connectivity index (χ4v) is 6.84. The molecule has 0 spiro atoms. The molecule has 2 aliphatic rings. The molecule has 0 amide bonds. The highest BCUT2D eigenvalue weighted by atomic mass is 35.5. The molecule has 0 radical (unpaired) electrons. The van der Waals surface area contributed by atoms with Crippen LogP contribution >= 0.6 is 11.6 Å². The number of piperazine rings is 1. The Kier molecular flexibility index (Phi) is 5.54. The Labute approximate surface area is 160 Å². The van der Waals surface area contributed by atoms with E-state index in [0.29, 0.717) is 25.6 Å². The van der Waals surface area contributed by atoms with Crippen LogP contribution in [0.5, 0.6) is 0 Å². The SMILES string of the molecule is O=S1(=O)CC[C@@H](N2CCN(S(=O)(=O)c3ccc(Cl)c(C(F)(F)F)c3)CC2)C1. The number of rotatable bonds is 3. The molecule has 1 aromatic rings. The summed E-state index contributed by atoms with van der Waals surface area (Å²) in [7, 11) is -7.15. The van der Waals surface area contributed by atoms with Gasteiger partial charge in [0.25, 0.3) is 0 Å². The third-order valence-corrected chi connectivity index (χ3v) is 8.85. The number of hydrogen-bond acceptors (Lipinski definition) is 5. The van der Waals surface area contributed by atoms with E-state index in [1.165, 1.54) is 0 Å². The van der Waals surface area contributed by atoms with Gasteiger partial charge in [0.1, 0.15) is 0 Å². The van der Waals surface area contributed by atoms with Crippen molar-refractivity contribution in [3.8, 4) is 0 Å². The van der Waals surface area contributed by atoms with Gasteiger partial charge in [-0.05, 0) is 24.6 Å². The van der Waals surface area contributed by atoms with Gasteiger partial charge in [-0.15, -0.1) is 0 Å². The molecule has 0 aromatic heterocycles. The van der Waals surface area contributed by atoms with Crippen molar-refractivity contribution in [3.05, 3.63) is 28.8 Å². The van der Waals surface area contributed by atoms with E-state index < -0.39 is 41.5 Å². The Morgan fingerprint density at radius 3 is 2.26 bits per heavy atom. The van der Waals surface area contributed by atoms with Crippen molar-refractivity contribution in [2.24, 2.45) is 0 Å². The van der Waals surface area contributed by atoms with E-state index in [1.807, 2.05) is 4.90 Å². The lowest BCUT2D eigenvalue weighted by atomic mass is 10.2. The third kappa shape index (κ3) is 4.42. The molecule has 0 N–H and O–H groups in total. The third-order valence-electron chi connectivity index (χ3n) is 4.88. The largest absolute Gasteiger partial charge is 0.417 e. The lowest BCUT2D eigenvalue weighted by Crippen LogP contribution is -2.52. The van der Waals surface area contributed by atoms with E-state index >= 15 is 0 Å². The van der Waals surface area contributed by atoms with Gasteiger partial charge in [-0.2, -0.15) is 17.5 Å². The first-order valence-corrected chi connectivity index (χ1v) is 11.9. The van der Waals surface area contributed by atoms with Crippen molar-refractivity contribution < 1.29 is 30.0 Å². The summed E-state index contributed by atoms with van der Waals surface area (Å²) < 4.78 is 88.7. The van der Waals surface area contributed by atoms with Gasteiger partial charge >= 0.3 is 6.18 Å². The van der Waals surface area contributed by atoms with Crippen LogP contribution in [0.3, 0.4) is 0 Å². The summed E-state index contributed by atoms with van der Waals surface area (Å²) in [5, 5.41) is -0.561. The standard InChI is InChI=1S/C15H18ClF3N2O4S2/c16-14-2-1-12(9-13(14)15(17,18)19)27(24,25)21-6-4-20(5-7-21)11-3-8-26(22,23)10-11/h1-2,9,11H,3-8,10H2/t11-/m1/s1. The first-order valence-electron chi connectivity index (χ1n) is 8.21. The molecule has 6 nitrogen and oxygen atoms in total. The van der Waals surface area contributed by atoms with Crippen LogP contribution in [0.1, 0.15) is 12.0 Å². The van der Waals surface area contributed by atoms with Crippen LogP contribution in [0.4, 0.5) is 13.2 Å². The fraction of sp³-hybridized carbons (Fsp3) is 0.600. The molecule has 0 saturated carbocycles. The van der Waals surface area contributed by atoms with Crippen molar-refractivity contribution in [1.82, 2.24) is 9.21 Å². The molecule has 2 aliphatic heterocycles. The van der Waals surface area contributed by atoms with Crippen LogP contribution in [-0.2, 0) is 26.0 Å². The molecule has 152 valence electrons. The maximum Gasteiger partial charge on any atom is 0.417 e. The molecule has 12 heteroatoms. The molecule has 1 aromatic carbocycles. The average molecular weight is 447 g/mol. The summed E-state index contributed by atoms with van der Waals surface area (Å²) in [4.78, 5) is 1.47. The summed E-state index contributed by atoms with van der Waals surface area (Å²) >= 11 is 5.55. The molecule has 0 unspecified atom stereocenters. The number of sulfone groups is 1. The van der Waals surface area contributed by atoms with Gasteiger partial charge in [-0.25, -0.2) is 16.8 Å². The molecular weight excluding hydrogens is 429 g/mol. The monoisotopic (exact) mass is 446 g/mol. The molecule has 0 bridgehead atoms. The highest BCUT2D eigenvalue weighted by Crippen LogP contribution is 2.36. The minimum Gasteiger partial charge on any atom is -0.297 e. The topological polar surface area (TPSA) is 74.8 Å². The summed E-state index contributed by atoms with van der Waals surface area (Å²) in [6.07, 6.45) is -4.24. The maximum absolute atomic E-state index is 13.0. The van der Waals surface area contributed by atoms with Gasteiger partial charge in [0.2, 0.25) is 10.0 Å². The van der Waals surface area contributed by atoms with Crippen LogP contribution in [0.25, 0.3) is 0 Å². The summed E-state index contributed by atoms with van der Waals surface area (Å²) in [6, 6.07) is 2.40. The lowest BCUT2D eigenvalue weighted by molar-refractivity contribution is -0.137. The van der Waals surface area contributed by atoms with Gasteiger partial charge in [0.05, 0.1) is 27.0 Å². The first kappa shape index (κ1) is 20.8. The second kappa shape index (κ2) is 7.18. The number of alkyl halides is 3. The zero-order chi connectivity index (χ0) is 20.0. The summed E-state index contributed by atoms with van der Waals surface area (Å²) in [5.74, 6) is 0.188. The van der Waals surface area contributed by atoms with E-state index in [2.05, 4.69) is 0 Å². The molecular formula is C15H18ClF3N2O4S2. The Balaban J connectivity index is 1.74. The first-order chi connectivity index (χ1) is 12.4. The van der Waals surface area contributed by atoms with E-state index in [-0.39, 0.29) is 30.6 Å². The van der Waals surface area contributed by atoms with Crippen molar-refractivity contribution in [2.75, 3.05) is 37.7 Å². The van der Waals surface area contributed by atoms with Crippen LogP contribution in [0, 0.1) is 0 Å². The van der Waals surface area contributed by atoms with Gasteiger partial charge < -0.3 is 0 Å². The molecule has 2 saturated heterocycles. The fourth-order valence-electron chi connectivity index (χ4n) is 3.40. The lowest BCUT2D eigenvalue weighted by Gasteiger charge is -2.37.